The molecule has 2 rings (SSSR count). The van der Waals surface area contributed by atoms with Crippen LogP contribution in [0.25, 0.3) is 0 Å². The molecule has 0 amide bonds. The molecule has 0 saturated heterocycles. The van der Waals surface area contributed by atoms with Gasteiger partial charge in [-0.25, -0.2) is 4.98 Å². The second-order valence-corrected chi connectivity index (χ2v) is 8.64. The fourth-order valence-corrected chi connectivity index (χ4v) is 4.10. The van der Waals surface area contributed by atoms with Gasteiger partial charge in [-0.2, -0.15) is 0 Å². The molecular weight excluding hydrogens is 280 g/mol. The predicted octanol–water partition coefficient (Wildman–Crippen LogP) is 4.09. The monoisotopic (exact) mass is 310 g/mol. The standard InChI is InChI=1S/C17H30N2OS/c1-12(18-11-17(20)9-7-6-8-10-17)14-13(2)19-15(21-14)16(3,4)5/h12,18,20H,6-11H2,1-5H3. The number of hydrogen-bond donors (Lipinski definition) is 2. The summed E-state index contributed by atoms with van der Waals surface area (Å²) in [6.07, 6.45) is 5.44. The van der Waals surface area contributed by atoms with E-state index in [1.165, 1.54) is 16.3 Å². The highest BCUT2D eigenvalue weighted by Crippen LogP contribution is 2.33. The Hall–Kier alpha value is -0.450. The van der Waals surface area contributed by atoms with Gasteiger partial charge in [-0.3, -0.25) is 0 Å². The van der Waals surface area contributed by atoms with E-state index in [-0.39, 0.29) is 11.5 Å². The van der Waals surface area contributed by atoms with Crippen LogP contribution in [0.4, 0.5) is 0 Å². The zero-order chi connectivity index (χ0) is 15.7. The van der Waals surface area contributed by atoms with Crippen LogP contribution >= 0.6 is 11.3 Å². The second-order valence-electron chi connectivity index (χ2n) is 7.61. The van der Waals surface area contributed by atoms with Crippen molar-refractivity contribution in [2.45, 2.75) is 83.8 Å². The molecular formula is C17H30N2OS. The lowest BCUT2D eigenvalue weighted by atomic mass is 9.85. The third kappa shape index (κ3) is 4.27. The molecule has 0 aliphatic heterocycles. The van der Waals surface area contributed by atoms with Gasteiger partial charge in [0.1, 0.15) is 0 Å². The van der Waals surface area contributed by atoms with Crippen molar-refractivity contribution in [3.63, 3.8) is 0 Å². The first-order chi connectivity index (χ1) is 9.71. The van der Waals surface area contributed by atoms with E-state index < -0.39 is 5.60 Å². The maximum absolute atomic E-state index is 10.6. The number of thiazole rings is 1. The van der Waals surface area contributed by atoms with E-state index in [4.69, 9.17) is 4.98 Å². The molecule has 1 fully saturated rings. The first-order valence-electron chi connectivity index (χ1n) is 8.15. The zero-order valence-electron chi connectivity index (χ0n) is 14.1. The lowest BCUT2D eigenvalue weighted by Crippen LogP contribution is -2.42. The molecule has 1 aromatic rings. The van der Waals surface area contributed by atoms with Gasteiger partial charge in [0.15, 0.2) is 0 Å². The number of aryl methyl sites for hydroxylation is 1. The summed E-state index contributed by atoms with van der Waals surface area (Å²) in [6.45, 7) is 11.6. The Bertz CT molecular complexity index is 470. The van der Waals surface area contributed by atoms with Crippen LogP contribution in [0, 0.1) is 6.92 Å². The maximum Gasteiger partial charge on any atom is 0.0985 e. The lowest BCUT2D eigenvalue weighted by molar-refractivity contribution is 0.00305. The van der Waals surface area contributed by atoms with Crippen LogP contribution in [0.15, 0.2) is 0 Å². The molecule has 1 heterocycles. The average molecular weight is 311 g/mol. The molecule has 0 aromatic carbocycles. The predicted molar refractivity (Wildman–Crippen MR) is 90.0 cm³/mol. The SMILES string of the molecule is Cc1nc(C(C)(C)C)sc1C(C)NCC1(O)CCCCC1. The minimum absolute atomic E-state index is 0.106. The Morgan fingerprint density at radius 2 is 1.90 bits per heavy atom. The Morgan fingerprint density at radius 3 is 2.43 bits per heavy atom. The van der Waals surface area contributed by atoms with Gasteiger partial charge in [-0.05, 0) is 26.7 Å². The molecule has 1 aromatic heterocycles. The van der Waals surface area contributed by atoms with Gasteiger partial charge in [-0.15, -0.1) is 11.3 Å². The van der Waals surface area contributed by atoms with Crippen LogP contribution in [0.3, 0.4) is 0 Å². The summed E-state index contributed by atoms with van der Waals surface area (Å²) in [7, 11) is 0. The first kappa shape index (κ1) is 16.9. The van der Waals surface area contributed by atoms with Crippen molar-refractivity contribution in [2.24, 2.45) is 0 Å². The molecule has 1 aliphatic carbocycles. The summed E-state index contributed by atoms with van der Waals surface area (Å²) in [5.41, 5.74) is 0.730. The fraction of sp³-hybridized carbons (Fsp3) is 0.824. The molecule has 4 heteroatoms. The normalized spacial score (nSPS) is 20.5. The van der Waals surface area contributed by atoms with Crippen molar-refractivity contribution >= 4 is 11.3 Å². The molecule has 1 unspecified atom stereocenters. The lowest BCUT2D eigenvalue weighted by Gasteiger charge is -2.33. The van der Waals surface area contributed by atoms with E-state index in [0.717, 1.165) is 31.4 Å². The summed E-state index contributed by atoms with van der Waals surface area (Å²) in [5, 5.41) is 15.3. The van der Waals surface area contributed by atoms with Gasteiger partial charge < -0.3 is 10.4 Å². The molecule has 3 nitrogen and oxygen atoms in total. The Kier molecular flexibility index (Phi) is 5.11. The largest absolute Gasteiger partial charge is 0.389 e. The summed E-state index contributed by atoms with van der Waals surface area (Å²) < 4.78 is 0. The summed E-state index contributed by atoms with van der Waals surface area (Å²) in [6, 6.07) is 0.254. The summed E-state index contributed by atoms with van der Waals surface area (Å²) >= 11 is 1.80. The molecule has 120 valence electrons. The van der Waals surface area contributed by atoms with Gasteiger partial charge in [0.2, 0.25) is 0 Å². The molecule has 2 N–H and O–H groups in total. The zero-order valence-corrected chi connectivity index (χ0v) is 14.9. The fourth-order valence-electron chi connectivity index (χ4n) is 2.95. The van der Waals surface area contributed by atoms with Gasteiger partial charge in [0, 0.05) is 22.9 Å². The average Bonchev–Trinajstić information content (AvgIpc) is 2.79. The molecule has 1 atom stereocenters. The van der Waals surface area contributed by atoms with E-state index >= 15 is 0 Å². The van der Waals surface area contributed by atoms with Crippen molar-refractivity contribution in [3.05, 3.63) is 15.6 Å². The maximum atomic E-state index is 10.6. The van der Waals surface area contributed by atoms with Gasteiger partial charge in [0.25, 0.3) is 0 Å². The van der Waals surface area contributed by atoms with Gasteiger partial charge in [-0.1, -0.05) is 40.0 Å². The number of nitrogens with zero attached hydrogens (tertiary/aromatic N) is 1. The minimum atomic E-state index is -0.502. The smallest absolute Gasteiger partial charge is 0.0985 e. The second kappa shape index (κ2) is 6.35. The summed E-state index contributed by atoms with van der Waals surface area (Å²) in [4.78, 5) is 6.04. The van der Waals surface area contributed by atoms with Crippen LogP contribution in [-0.2, 0) is 5.41 Å². The highest BCUT2D eigenvalue weighted by molar-refractivity contribution is 7.12. The van der Waals surface area contributed by atoms with Gasteiger partial charge >= 0.3 is 0 Å². The van der Waals surface area contributed by atoms with Crippen molar-refractivity contribution in [1.29, 1.82) is 0 Å². The summed E-state index contributed by atoms with van der Waals surface area (Å²) in [5.74, 6) is 0. The molecule has 1 saturated carbocycles. The number of hydrogen-bond acceptors (Lipinski definition) is 4. The topological polar surface area (TPSA) is 45.2 Å². The third-order valence-electron chi connectivity index (χ3n) is 4.39. The number of aromatic nitrogens is 1. The van der Waals surface area contributed by atoms with Crippen molar-refractivity contribution < 1.29 is 5.11 Å². The molecule has 0 radical (unpaired) electrons. The number of rotatable bonds is 4. The van der Waals surface area contributed by atoms with Crippen molar-refractivity contribution in [1.82, 2.24) is 10.3 Å². The highest BCUT2D eigenvalue weighted by atomic mass is 32.1. The van der Waals surface area contributed by atoms with Gasteiger partial charge in [0.05, 0.1) is 16.3 Å². The Labute approximate surface area is 133 Å². The van der Waals surface area contributed by atoms with E-state index in [2.05, 4.69) is 39.9 Å². The third-order valence-corrected chi connectivity index (χ3v) is 6.15. The molecule has 1 aliphatic rings. The van der Waals surface area contributed by atoms with Crippen LogP contribution in [0.2, 0.25) is 0 Å². The molecule has 0 bridgehead atoms. The highest BCUT2D eigenvalue weighted by Gasteiger charge is 2.30. The van der Waals surface area contributed by atoms with E-state index in [0.29, 0.717) is 6.54 Å². The van der Waals surface area contributed by atoms with E-state index in [9.17, 15) is 5.11 Å². The Balaban J connectivity index is 2.00. The van der Waals surface area contributed by atoms with Crippen LogP contribution < -0.4 is 5.32 Å². The quantitative estimate of drug-likeness (QED) is 0.880. The minimum Gasteiger partial charge on any atom is -0.389 e. The van der Waals surface area contributed by atoms with Crippen molar-refractivity contribution in [2.75, 3.05) is 6.54 Å². The van der Waals surface area contributed by atoms with E-state index in [1.807, 2.05) is 0 Å². The van der Waals surface area contributed by atoms with Crippen LogP contribution in [-0.4, -0.2) is 22.2 Å². The number of nitrogens with one attached hydrogen (secondary N) is 1. The van der Waals surface area contributed by atoms with Crippen LogP contribution in [0.5, 0.6) is 0 Å². The first-order valence-corrected chi connectivity index (χ1v) is 8.96. The molecule has 0 spiro atoms. The molecule has 21 heavy (non-hydrogen) atoms. The van der Waals surface area contributed by atoms with Crippen molar-refractivity contribution in [3.8, 4) is 0 Å². The Morgan fingerprint density at radius 1 is 1.29 bits per heavy atom. The van der Waals surface area contributed by atoms with E-state index in [1.54, 1.807) is 11.3 Å². The van der Waals surface area contributed by atoms with Crippen LogP contribution in [0.1, 0.15) is 81.4 Å². The number of aliphatic hydroxyl groups is 1.